The summed E-state index contributed by atoms with van der Waals surface area (Å²) in [4.78, 5) is 24.3. The summed E-state index contributed by atoms with van der Waals surface area (Å²) in [7, 11) is 0. The second-order valence-corrected chi connectivity index (χ2v) is 5.98. The number of rotatable bonds is 5. The fourth-order valence-corrected chi connectivity index (χ4v) is 2.51. The first-order valence-corrected chi connectivity index (χ1v) is 8.29. The molecule has 0 fully saturated rings. The SMILES string of the molecule is O=C(NCc1ccccc1)c1cc(NC(=O)c2cc(F)ccc2C(F)(F)F)[nH]n1. The van der Waals surface area contributed by atoms with Crippen molar-refractivity contribution in [3.8, 4) is 0 Å². The average molecular weight is 406 g/mol. The van der Waals surface area contributed by atoms with E-state index >= 15 is 0 Å². The highest BCUT2D eigenvalue weighted by molar-refractivity contribution is 6.05. The number of carbonyl (C=O) groups excluding carboxylic acids is 2. The van der Waals surface area contributed by atoms with E-state index in [0.29, 0.717) is 18.2 Å². The highest BCUT2D eigenvalue weighted by Crippen LogP contribution is 2.32. The number of amides is 2. The summed E-state index contributed by atoms with van der Waals surface area (Å²) in [6.45, 7) is 0.243. The number of carbonyl (C=O) groups is 2. The van der Waals surface area contributed by atoms with E-state index in [4.69, 9.17) is 0 Å². The molecular formula is C19H14F4N4O2. The predicted octanol–water partition coefficient (Wildman–Crippen LogP) is 3.75. The summed E-state index contributed by atoms with van der Waals surface area (Å²) in [6.07, 6.45) is -4.84. The van der Waals surface area contributed by atoms with Crippen LogP contribution in [0.15, 0.2) is 54.6 Å². The van der Waals surface area contributed by atoms with Crippen molar-refractivity contribution in [2.75, 3.05) is 5.32 Å². The number of aromatic amines is 1. The van der Waals surface area contributed by atoms with Gasteiger partial charge in [-0.25, -0.2) is 4.39 Å². The van der Waals surface area contributed by atoms with Crippen LogP contribution in [0.5, 0.6) is 0 Å². The number of aromatic nitrogens is 2. The van der Waals surface area contributed by atoms with Gasteiger partial charge in [0.1, 0.15) is 11.6 Å². The summed E-state index contributed by atoms with van der Waals surface area (Å²) in [6, 6.07) is 11.8. The molecule has 150 valence electrons. The maximum Gasteiger partial charge on any atom is 0.417 e. The van der Waals surface area contributed by atoms with Crippen LogP contribution in [0.2, 0.25) is 0 Å². The van der Waals surface area contributed by atoms with Gasteiger partial charge in [-0.2, -0.15) is 18.3 Å². The maximum atomic E-state index is 13.3. The van der Waals surface area contributed by atoms with Gasteiger partial charge in [-0.05, 0) is 23.8 Å². The highest BCUT2D eigenvalue weighted by Gasteiger charge is 2.35. The molecule has 3 aromatic rings. The molecule has 0 radical (unpaired) electrons. The normalized spacial score (nSPS) is 11.2. The Hall–Kier alpha value is -3.69. The molecule has 6 nitrogen and oxygen atoms in total. The lowest BCUT2D eigenvalue weighted by molar-refractivity contribution is -0.137. The molecular weight excluding hydrogens is 392 g/mol. The Morgan fingerprint density at radius 3 is 2.41 bits per heavy atom. The molecule has 0 unspecified atom stereocenters. The second-order valence-electron chi connectivity index (χ2n) is 5.98. The Bertz CT molecular complexity index is 1030. The average Bonchev–Trinajstić information content (AvgIpc) is 3.14. The standard InChI is InChI=1S/C19H14F4N4O2/c20-12-6-7-14(19(21,22)23)13(8-12)17(28)25-16-9-15(26-27-16)18(29)24-10-11-4-2-1-3-5-11/h1-9H,10H2,(H,24,29)(H2,25,26,27,28). The van der Waals surface area contributed by atoms with Gasteiger partial charge in [0.25, 0.3) is 11.8 Å². The van der Waals surface area contributed by atoms with Gasteiger partial charge < -0.3 is 10.6 Å². The van der Waals surface area contributed by atoms with E-state index in [1.807, 2.05) is 30.3 Å². The molecule has 2 aromatic carbocycles. The lowest BCUT2D eigenvalue weighted by Gasteiger charge is -2.12. The van der Waals surface area contributed by atoms with Crippen molar-refractivity contribution in [2.45, 2.75) is 12.7 Å². The van der Waals surface area contributed by atoms with Crippen LogP contribution in [0.1, 0.15) is 32.0 Å². The summed E-state index contributed by atoms with van der Waals surface area (Å²) < 4.78 is 52.5. The van der Waals surface area contributed by atoms with Gasteiger partial charge in [0.05, 0.1) is 11.1 Å². The number of benzene rings is 2. The third kappa shape index (κ3) is 4.98. The van der Waals surface area contributed by atoms with Crippen molar-refractivity contribution in [1.82, 2.24) is 15.5 Å². The fourth-order valence-electron chi connectivity index (χ4n) is 2.51. The van der Waals surface area contributed by atoms with E-state index in [0.717, 1.165) is 11.6 Å². The number of hydrogen-bond donors (Lipinski definition) is 3. The monoisotopic (exact) mass is 406 g/mol. The van der Waals surface area contributed by atoms with Crippen LogP contribution in [0, 0.1) is 5.82 Å². The Labute approximate surface area is 161 Å². The van der Waals surface area contributed by atoms with Crippen molar-refractivity contribution >= 4 is 17.6 Å². The quantitative estimate of drug-likeness (QED) is 0.564. The molecule has 3 N–H and O–H groups in total. The maximum absolute atomic E-state index is 13.3. The van der Waals surface area contributed by atoms with Crippen LogP contribution in [0.3, 0.4) is 0 Å². The van der Waals surface area contributed by atoms with E-state index in [9.17, 15) is 27.2 Å². The molecule has 0 saturated heterocycles. The van der Waals surface area contributed by atoms with Crippen LogP contribution in [-0.2, 0) is 12.7 Å². The lowest BCUT2D eigenvalue weighted by atomic mass is 10.1. The van der Waals surface area contributed by atoms with Gasteiger partial charge in [0.15, 0.2) is 5.69 Å². The Kier molecular flexibility index (Phi) is 5.62. The van der Waals surface area contributed by atoms with Crippen molar-refractivity contribution < 1.29 is 27.2 Å². The van der Waals surface area contributed by atoms with Gasteiger partial charge >= 0.3 is 6.18 Å². The molecule has 0 bridgehead atoms. The molecule has 0 aliphatic rings. The molecule has 0 saturated carbocycles. The minimum absolute atomic E-state index is 0.0773. The zero-order valence-corrected chi connectivity index (χ0v) is 14.7. The number of H-pyrrole nitrogens is 1. The van der Waals surface area contributed by atoms with Crippen LogP contribution in [-0.4, -0.2) is 22.0 Å². The van der Waals surface area contributed by atoms with Crippen molar-refractivity contribution in [2.24, 2.45) is 0 Å². The summed E-state index contributed by atoms with van der Waals surface area (Å²) in [5.41, 5.74) is -1.39. The number of anilines is 1. The van der Waals surface area contributed by atoms with E-state index in [1.54, 1.807) is 0 Å². The van der Waals surface area contributed by atoms with Crippen LogP contribution in [0.4, 0.5) is 23.4 Å². The second kappa shape index (κ2) is 8.13. The van der Waals surface area contributed by atoms with Crippen LogP contribution in [0.25, 0.3) is 0 Å². The smallest absolute Gasteiger partial charge is 0.347 e. The van der Waals surface area contributed by atoms with Crippen LogP contribution < -0.4 is 10.6 Å². The molecule has 10 heteroatoms. The van der Waals surface area contributed by atoms with Gasteiger partial charge in [0.2, 0.25) is 0 Å². The predicted molar refractivity (Wildman–Crippen MR) is 95.6 cm³/mol. The topological polar surface area (TPSA) is 86.9 Å². The van der Waals surface area contributed by atoms with E-state index in [1.165, 1.54) is 0 Å². The van der Waals surface area contributed by atoms with Gasteiger partial charge in [-0.3, -0.25) is 14.7 Å². The third-order valence-electron chi connectivity index (χ3n) is 3.89. The van der Waals surface area contributed by atoms with E-state index in [-0.39, 0.29) is 18.1 Å². The Morgan fingerprint density at radius 1 is 1.00 bits per heavy atom. The van der Waals surface area contributed by atoms with Crippen LogP contribution >= 0.6 is 0 Å². The molecule has 0 aliphatic carbocycles. The molecule has 1 aromatic heterocycles. The first-order valence-electron chi connectivity index (χ1n) is 8.29. The Morgan fingerprint density at radius 2 is 1.72 bits per heavy atom. The molecule has 0 atom stereocenters. The fraction of sp³-hybridized carbons (Fsp3) is 0.105. The minimum Gasteiger partial charge on any atom is -0.347 e. The largest absolute Gasteiger partial charge is 0.417 e. The first-order chi connectivity index (χ1) is 13.7. The van der Waals surface area contributed by atoms with Gasteiger partial charge in [-0.1, -0.05) is 30.3 Å². The number of nitrogens with one attached hydrogen (secondary N) is 3. The van der Waals surface area contributed by atoms with Crippen molar-refractivity contribution in [3.63, 3.8) is 0 Å². The van der Waals surface area contributed by atoms with Crippen molar-refractivity contribution in [3.05, 3.63) is 82.8 Å². The molecule has 29 heavy (non-hydrogen) atoms. The van der Waals surface area contributed by atoms with E-state index < -0.39 is 34.9 Å². The summed E-state index contributed by atoms with van der Waals surface area (Å²) >= 11 is 0. The first kappa shape index (κ1) is 20.1. The third-order valence-corrected chi connectivity index (χ3v) is 3.89. The zero-order chi connectivity index (χ0) is 21.0. The summed E-state index contributed by atoms with van der Waals surface area (Å²) in [5.74, 6) is -2.85. The molecule has 2 amide bonds. The van der Waals surface area contributed by atoms with Gasteiger partial charge in [0, 0.05) is 12.6 Å². The molecule has 3 rings (SSSR count). The number of alkyl halides is 3. The van der Waals surface area contributed by atoms with Gasteiger partial charge in [-0.15, -0.1) is 0 Å². The number of nitrogens with zero attached hydrogens (tertiary/aromatic N) is 1. The zero-order valence-electron chi connectivity index (χ0n) is 14.7. The molecule has 1 heterocycles. The minimum atomic E-state index is -4.84. The van der Waals surface area contributed by atoms with Crippen molar-refractivity contribution in [1.29, 1.82) is 0 Å². The number of halogens is 4. The number of hydrogen-bond acceptors (Lipinski definition) is 3. The summed E-state index contributed by atoms with van der Waals surface area (Å²) in [5, 5.41) is 10.8. The highest BCUT2D eigenvalue weighted by atomic mass is 19.4. The molecule has 0 spiro atoms. The molecule has 0 aliphatic heterocycles. The Balaban J connectivity index is 1.69. The lowest BCUT2D eigenvalue weighted by Crippen LogP contribution is -2.23. The van der Waals surface area contributed by atoms with E-state index in [2.05, 4.69) is 20.8 Å².